The average molecular weight is 352 g/mol. The van der Waals surface area contributed by atoms with Crippen LogP contribution in [-0.4, -0.2) is 67.6 Å². The normalized spacial score (nSPS) is 21.9. The number of amides is 3. The standard InChI is InChI=1S/C18H28N2O5/c1-14-11-20(18(23)19-17(14)22)8-7-16(12-21)25-10-9-24-13-15-5-3-2-4-6-15/h2-3,5,14,16,21H,4,6-13H2,1H3,(H,19,22,23)/t14?,16-/m0/s1. The molecule has 0 spiro atoms. The number of carbonyl (C=O) groups excluding carboxylic acids is 2. The van der Waals surface area contributed by atoms with Crippen LogP contribution in [0.4, 0.5) is 4.79 Å². The van der Waals surface area contributed by atoms with Gasteiger partial charge in [0.15, 0.2) is 0 Å². The van der Waals surface area contributed by atoms with Crippen LogP contribution in [0.5, 0.6) is 0 Å². The first-order valence-corrected chi connectivity index (χ1v) is 8.84. The summed E-state index contributed by atoms with van der Waals surface area (Å²) in [5, 5.41) is 11.7. The third kappa shape index (κ3) is 6.61. The lowest BCUT2D eigenvalue weighted by Gasteiger charge is -2.31. The lowest BCUT2D eigenvalue weighted by Crippen LogP contribution is -2.54. The number of imide groups is 1. The summed E-state index contributed by atoms with van der Waals surface area (Å²) in [5.41, 5.74) is 1.28. The van der Waals surface area contributed by atoms with Gasteiger partial charge in [0.1, 0.15) is 0 Å². The average Bonchev–Trinajstić information content (AvgIpc) is 2.62. The van der Waals surface area contributed by atoms with Gasteiger partial charge >= 0.3 is 6.03 Å². The van der Waals surface area contributed by atoms with E-state index in [9.17, 15) is 14.7 Å². The summed E-state index contributed by atoms with van der Waals surface area (Å²) >= 11 is 0. The molecule has 2 atom stereocenters. The molecule has 7 nitrogen and oxygen atoms in total. The van der Waals surface area contributed by atoms with E-state index in [0.29, 0.717) is 39.3 Å². The van der Waals surface area contributed by atoms with E-state index >= 15 is 0 Å². The fourth-order valence-electron chi connectivity index (χ4n) is 2.77. The topological polar surface area (TPSA) is 88.1 Å². The van der Waals surface area contributed by atoms with Crippen LogP contribution in [-0.2, 0) is 14.3 Å². The monoisotopic (exact) mass is 352 g/mol. The van der Waals surface area contributed by atoms with E-state index in [0.717, 1.165) is 12.8 Å². The molecule has 1 aliphatic heterocycles. The van der Waals surface area contributed by atoms with Crippen LogP contribution in [0.25, 0.3) is 0 Å². The molecule has 2 rings (SSSR count). The number of aliphatic hydroxyl groups excluding tert-OH is 1. The highest BCUT2D eigenvalue weighted by Crippen LogP contribution is 2.12. The fraction of sp³-hybridized carbons (Fsp3) is 0.667. The number of hydrogen-bond donors (Lipinski definition) is 2. The number of ether oxygens (including phenoxy) is 2. The molecule has 1 aliphatic carbocycles. The van der Waals surface area contributed by atoms with Crippen molar-refractivity contribution < 1.29 is 24.2 Å². The van der Waals surface area contributed by atoms with Crippen molar-refractivity contribution in [2.75, 3.05) is 39.5 Å². The third-order valence-electron chi connectivity index (χ3n) is 4.35. The van der Waals surface area contributed by atoms with Crippen LogP contribution in [0.1, 0.15) is 26.2 Å². The predicted molar refractivity (Wildman–Crippen MR) is 93.0 cm³/mol. The molecule has 7 heteroatoms. The molecular formula is C18H28N2O5. The first kappa shape index (κ1) is 19.6. The largest absolute Gasteiger partial charge is 0.394 e. The number of carbonyl (C=O) groups is 2. The molecule has 1 fully saturated rings. The second-order valence-electron chi connectivity index (χ2n) is 6.45. The Morgan fingerprint density at radius 2 is 2.24 bits per heavy atom. The van der Waals surface area contributed by atoms with E-state index in [1.807, 2.05) is 6.08 Å². The molecular weight excluding hydrogens is 324 g/mol. The zero-order valence-corrected chi connectivity index (χ0v) is 14.8. The number of nitrogens with zero attached hydrogens (tertiary/aromatic N) is 1. The molecule has 1 heterocycles. The number of hydrogen-bond acceptors (Lipinski definition) is 5. The highest BCUT2D eigenvalue weighted by atomic mass is 16.5. The van der Waals surface area contributed by atoms with E-state index < -0.39 is 0 Å². The number of aliphatic hydroxyl groups is 1. The fourth-order valence-corrected chi connectivity index (χ4v) is 2.77. The van der Waals surface area contributed by atoms with Crippen molar-refractivity contribution in [1.82, 2.24) is 10.2 Å². The number of rotatable bonds is 10. The van der Waals surface area contributed by atoms with Crippen molar-refractivity contribution in [2.24, 2.45) is 5.92 Å². The Morgan fingerprint density at radius 1 is 1.40 bits per heavy atom. The summed E-state index contributed by atoms with van der Waals surface area (Å²) in [6.45, 7) is 3.98. The van der Waals surface area contributed by atoms with Gasteiger partial charge in [0.2, 0.25) is 5.91 Å². The number of allylic oxidation sites excluding steroid dienone is 3. The molecule has 0 saturated carbocycles. The van der Waals surface area contributed by atoms with Crippen LogP contribution >= 0.6 is 0 Å². The maximum absolute atomic E-state index is 11.8. The molecule has 0 bridgehead atoms. The highest BCUT2D eigenvalue weighted by Gasteiger charge is 2.29. The molecule has 25 heavy (non-hydrogen) atoms. The van der Waals surface area contributed by atoms with Crippen molar-refractivity contribution in [3.8, 4) is 0 Å². The third-order valence-corrected chi connectivity index (χ3v) is 4.35. The number of nitrogens with one attached hydrogen (secondary N) is 1. The van der Waals surface area contributed by atoms with Gasteiger partial charge < -0.3 is 19.5 Å². The van der Waals surface area contributed by atoms with Gasteiger partial charge in [-0.2, -0.15) is 0 Å². The minimum Gasteiger partial charge on any atom is -0.394 e. The number of urea groups is 1. The Hall–Kier alpha value is -1.70. The lowest BCUT2D eigenvalue weighted by molar-refractivity contribution is -0.125. The van der Waals surface area contributed by atoms with E-state index in [1.54, 1.807) is 11.8 Å². The quantitative estimate of drug-likeness (QED) is 0.578. The molecule has 1 unspecified atom stereocenters. The van der Waals surface area contributed by atoms with E-state index in [2.05, 4.69) is 17.5 Å². The maximum atomic E-state index is 11.8. The van der Waals surface area contributed by atoms with Crippen LogP contribution in [0.2, 0.25) is 0 Å². The van der Waals surface area contributed by atoms with Gasteiger partial charge in [0.05, 0.1) is 38.4 Å². The summed E-state index contributed by atoms with van der Waals surface area (Å²) in [4.78, 5) is 24.8. The van der Waals surface area contributed by atoms with Gasteiger partial charge in [-0.05, 0) is 24.8 Å². The van der Waals surface area contributed by atoms with Crippen LogP contribution in [0.3, 0.4) is 0 Å². The van der Waals surface area contributed by atoms with Gasteiger partial charge in [-0.25, -0.2) is 4.79 Å². The Morgan fingerprint density at radius 3 is 2.96 bits per heavy atom. The molecule has 140 valence electrons. The minimum absolute atomic E-state index is 0.111. The van der Waals surface area contributed by atoms with Crippen LogP contribution in [0, 0.1) is 5.92 Å². The Balaban J connectivity index is 1.60. The molecule has 2 N–H and O–H groups in total. The molecule has 2 aliphatic rings. The van der Waals surface area contributed by atoms with E-state index in [4.69, 9.17) is 9.47 Å². The Kier molecular flexibility index (Phi) is 8.11. The van der Waals surface area contributed by atoms with Gasteiger partial charge in [-0.3, -0.25) is 10.1 Å². The van der Waals surface area contributed by atoms with Gasteiger partial charge in [-0.1, -0.05) is 25.2 Å². The second-order valence-corrected chi connectivity index (χ2v) is 6.45. The lowest BCUT2D eigenvalue weighted by atomic mass is 10.1. The Bertz CT molecular complexity index is 518. The first-order chi connectivity index (χ1) is 12.1. The van der Waals surface area contributed by atoms with E-state index in [1.165, 1.54) is 5.57 Å². The summed E-state index contributed by atoms with van der Waals surface area (Å²) in [6.07, 6.45) is 8.53. The Labute approximate surface area is 148 Å². The summed E-state index contributed by atoms with van der Waals surface area (Å²) in [7, 11) is 0. The maximum Gasteiger partial charge on any atom is 0.324 e. The zero-order valence-electron chi connectivity index (χ0n) is 14.8. The predicted octanol–water partition coefficient (Wildman–Crippen LogP) is 1.23. The molecule has 0 radical (unpaired) electrons. The smallest absolute Gasteiger partial charge is 0.324 e. The van der Waals surface area contributed by atoms with Gasteiger partial charge in [-0.15, -0.1) is 0 Å². The van der Waals surface area contributed by atoms with Crippen molar-refractivity contribution >= 4 is 11.9 Å². The van der Waals surface area contributed by atoms with Crippen LogP contribution < -0.4 is 5.32 Å². The van der Waals surface area contributed by atoms with Crippen molar-refractivity contribution in [3.05, 3.63) is 23.8 Å². The van der Waals surface area contributed by atoms with Gasteiger partial charge in [0.25, 0.3) is 0 Å². The van der Waals surface area contributed by atoms with E-state index in [-0.39, 0.29) is 30.6 Å². The first-order valence-electron chi connectivity index (χ1n) is 8.84. The zero-order chi connectivity index (χ0) is 18.1. The molecule has 3 amide bonds. The minimum atomic E-state index is -0.377. The molecule has 0 aromatic carbocycles. The van der Waals surface area contributed by atoms with Crippen molar-refractivity contribution in [2.45, 2.75) is 32.3 Å². The van der Waals surface area contributed by atoms with Crippen LogP contribution in [0.15, 0.2) is 23.8 Å². The summed E-state index contributed by atoms with van der Waals surface area (Å²) in [5.74, 6) is -0.458. The van der Waals surface area contributed by atoms with Gasteiger partial charge in [0, 0.05) is 13.1 Å². The summed E-state index contributed by atoms with van der Waals surface area (Å²) < 4.78 is 11.2. The van der Waals surface area contributed by atoms with Crippen molar-refractivity contribution in [3.63, 3.8) is 0 Å². The molecule has 0 aromatic heterocycles. The molecule has 1 saturated heterocycles. The summed E-state index contributed by atoms with van der Waals surface area (Å²) in [6, 6.07) is -0.377. The van der Waals surface area contributed by atoms with Crippen molar-refractivity contribution in [1.29, 1.82) is 0 Å². The highest BCUT2D eigenvalue weighted by molar-refractivity contribution is 5.97. The second kappa shape index (κ2) is 10.3. The SMILES string of the molecule is CC1CN(CC[C@@H](CO)OCCOCC2=CC=CCC2)C(=O)NC1=O. The molecule has 0 aromatic rings.